The lowest BCUT2D eigenvalue weighted by atomic mass is 9.69. The lowest BCUT2D eigenvalue weighted by Crippen LogP contribution is -2.57. The summed E-state index contributed by atoms with van der Waals surface area (Å²) in [5.74, 6) is -2.30. The van der Waals surface area contributed by atoms with Crippen molar-refractivity contribution in [3.8, 4) is 0 Å². The van der Waals surface area contributed by atoms with Gasteiger partial charge >= 0.3 is 11.9 Å². The zero-order valence-corrected chi connectivity index (χ0v) is 27.2. The number of carboxylic acids is 2. The van der Waals surface area contributed by atoms with Gasteiger partial charge in [0.1, 0.15) is 11.0 Å². The first-order valence-corrected chi connectivity index (χ1v) is 16.9. The molecule has 47 heavy (non-hydrogen) atoms. The molecule has 6 rings (SSSR count). The summed E-state index contributed by atoms with van der Waals surface area (Å²) in [7, 11) is 0. The van der Waals surface area contributed by atoms with Gasteiger partial charge in [-0.05, 0) is 66.8 Å². The predicted molar refractivity (Wildman–Crippen MR) is 175 cm³/mol. The highest BCUT2D eigenvalue weighted by molar-refractivity contribution is 7.00. The van der Waals surface area contributed by atoms with Gasteiger partial charge in [-0.25, -0.2) is 18.4 Å². The van der Waals surface area contributed by atoms with E-state index < -0.39 is 23.6 Å². The van der Waals surface area contributed by atoms with Crippen molar-refractivity contribution in [2.24, 2.45) is 23.7 Å². The van der Waals surface area contributed by atoms with Crippen LogP contribution in [-0.2, 0) is 20.8 Å². The zero-order chi connectivity index (χ0) is 33.5. The van der Waals surface area contributed by atoms with Gasteiger partial charge in [-0.15, -0.1) is 0 Å². The second-order valence-electron chi connectivity index (χ2n) is 12.9. The molecule has 1 aliphatic carbocycles. The van der Waals surface area contributed by atoms with E-state index in [4.69, 9.17) is 10.2 Å². The van der Waals surface area contributed by atoms with E-state index in [1.165, 1.54) is 48.7 Å². The van der Waals surface area contributed by atoms with Crippen LogP contribution in [0.1, 0.15) is 38.2 Å². The minimum Gasteiger partial charge on any atom is -0.478 e. The third-order valence-electron chi connectivity index (χ3n) is 9.45. The second kappa shape index (κ2) is 15.7. The Bertz CT molecular complexity index is 1580. The molecule has 10 nitrogen and oxygen atoms in total. The number of amides is 1. The Morgan fingerprint density at radius 1 is 0.915 bits per heavy atom. The van der Waals surface area contributed by atoms with E-state index in [9.17, 15) is 23.2 Å². The van der Waals surface area contributed by atoms with Gasteiger partial charge in [0.25, 0.3) is 0 Å². The van der Waals surface area contributed by atoms with Crippen molar-refractivity contribution in [3.05, 3.63) is 65.7 Å². The van der Waals surface area contributed by atoms with E-state index in [1.54, 1.807) is 6.07 Å². The summed E-state index contributed by atoms with van der Waals surface area (Å²) in [4.78, 5) is 39.7. The summed E-state index contributed by atoms with van der Waals surface area (Å²) in [5.41, 5.74) is 3.91. The number of rotatable bonds is 8. The molecule has 3 fully saturated rings. The number of aliphatic carboxylic acids is 2. The molecule has 2 aromatic carbocycles. The van der Waals surface area contributed by atoms with Crippen LogP contribution < -0.4 is 4.90 Å². The lowest BCUT2D eigenvalue weighted by Gasteiger charge is -2.48. The molecule has 2 aliphatic heterocycles. The highest BCUT2D eigenvalue weighted by atomic mass is 32.1. The maximum Gasteiger partial charge on any atom is 0.328 e. The standard InChI is InChI=1S/C30H37F2N5OS.C4H4O4/c1-20(14-21-6-9-28-29(15-21)34-39-33-28)17-35-18-22-4-2-3-5-24(22)25(19-35)30(38)37-12-10-36(11-13-37)23-7-8-26(31)27(32)16-23;5-3(6)1-2-4(7)8/h6-9,15-16,20,22,24-25H,2-5,10-14,17-19H2,1H3;1-2H,(H,5,6)(H,7,8)/b;2-1+/t20-,22-,24-,25+;/m0./s1. The maximum absolute atomic E-state index is 13.9. The van der Waals surface area contributed by atoms with Crippen LogP contribution >= 0.6 is 11.7 Å². The molecule has 3 aliphatic rings. The first-order valence-electron chi connectivity index (χ1n) is 16.1. The number of hydrogen-bond donors (Lipinski definition) is 2. The molecule has 3 aromatic rings. The first-order chi connectivity index (χ1) is 22.6. The maximum atomic E-state index is 13.9. The van der Waals surface area contributed by atoms with Gasteiger partial charge in [0, 0.05) is 69.7 Å². The fourth-order valence-corrected chi connectivity index (χ4v) is 7.85. The highest BCUT2D eigenvalue weighted by Crippen LogP contribution is 2.40. The monoisotopic (exact) mass is 669 g/mol. The summed E-state index contributed by atoms with van der Waals surface area (Å²) in [6, 6.07) is 10.4. The number of piperazine rings is 1. The zero-order valence-electron chi connectivity index (χ0n) is 26.4. The van der Waals surface area contributed by atoms with Crippen LogP contribution in [0.4, 0.5) is 14.5 Å². The van der Waals surface area contributed by atoms with E-state index in [1.807, 2.05) is 9.80 Å². The van der Waals surface area contributed by atoms with E-state index in [0.29, 0.717) is 61.8 Å². The summed E-state index contributed by atoms with van der Waals surface area (Å²) in [6.07, 6.45) is 6.96. The summed E-state index contributed by atoms with van der Waals surface area (Å²) < 4.78 is 35.9. The normalized spacial score (nSPS) is 22.4. The fourth-order valence-electron chi connectivity index (χ4n) is 7.33. The summed E-state index contributed by atoms with van der Waals surface area (Å²) in [6.45, 7) is 7.75. The minimum atomic E-state index is -1.26. The largest absolute Gasteiger partial charge is 0.478 e. The SMILES string of the molecule is C[C@@H](Cc1ccc2nsnc2c1)CN1C[C@@H]2CCCC[C@@H]2[C@H](C(=O)N2CCN(c3ccc(F)c(F)c3)CC2)C1.O=C(O)/C=C/C(=O)O. The third kappa shape index (κ3) is 9.10. The summed E-state index contributed by atoms with van der Waals surface area (Å²) in [5, 5.41) is 15.6. The Balaban J connectivity index is 0.000000483. The molecule has 1 aromatic heterocycles. The molecule has 13 heteroatoms. The lowest BCUT2D eigenvalue weighted by molar-refractivity contribution is -0.142. The molecular formula is C34H41F2N5O5S. The molecular weight excluding hydrogens is 628 g/mol. The smallest absolute Gasteiger partial charge is 0.328 e. The number of nitrogens with zero attached hydrogens (tertiary/aromatic N) is 5. The Hall–Kier alpha value is -3.97. The number of benzene rings is 2. The van der Waals surface area contributed by atoms with Gasteiger partial charge in [0.05, 0.1) is 17.6 Å². The van der Waals surface area contributed by atoms with Crippen LogP contribution in [0.3, 0.4) is 0 Å². The minimum absolute atomic E-state index is 0.0449. The molecule has 0 spiro atoms. The molecule has 0 unspecified atom stereocenters. The fraction of sp³-hybridized carbons (Fsp3) is 0.500. The molecule has 0 bridgehead atoms. The molecule has 3 heterocycles. The number of carboxylic acid groups (broad SMARTS) is 2. The van der Waals surface area contributed by atoms with Crippen LogP contribution in [0.25, 0.3) is 11.0 Å². The number of piperidine rings is 1. The molecule has 252 valence electrons. The van der Waals surface area contributed by atoms with Crippen LogP contribution in [0.2, 0.25) is 0 Å². The van der Waals surface area contributed by atoms with Gasteiger partial charge in [0.15, 0.2) is 11.6 Å². The summed E-state index contributed by atoms with van der Waals surface area (Å²) >= 11 is 1.26. The highest BCUT2D eigenvalue weighted by Gasteiger charge is 2.43. The van der Waals surface area contributed by atoms with Crippen molar-refractivity contribution in [3.63, 3.8) is 0 Å². The van der Waals surface area contributed by atoms with Crippen LogP contribution in [0, 0.1) is 35.3 Å². The van der Waals surface area contributed by atoms with Gasteiger partial charge in [-0.2, -0.15) is 8.75 Å². The Kier molecular flexibility index (Phi) is 11.5. The van der Waals surface area contributed by atoms with Crippen LogP contribution in [0.15, 0.2) is 48.6 Å². The number of aromatic nitrogens is 2. The number of carbonyl (C=O) groups excluding carboxylic acids is 1. The number of halogens is 2. The van der Waals surface area contributed by atoms with E-state index in [2.05, 4.69) is 38.8 Å². The number of anilines is 1. The van der Waals surface area contributed by atoms with Crippen LogP contribution in [-0.4, -0.2) is 92.4 Å². The van der Waals surface area contributed by atoms with Crippen molar-refractivity contribution in [1.29, 1.82) is 0 Å². The molecule has 4 atom stereocenters. The van der Waals surface area contributed by atoms with E-state index >= 15 is 0 Å². The Labute approximate surface area is 277 Å². The second-order valence-corrected chi connectivity index (χ2v) is 13.4. The van der Waals surface area contributed by atoms with Gasteiger partial charge in [-0.1, -0.05) is 25.8 Å². The molecule has 1 saturated carbocycles. The van der Waals surface area contributed by atoms with Crippen molar-refractivity contribution < 1.29 is 33.4 Å². The molecule has 0 radical (unpaired) electrons. The number of fused-ring (bicyclic) bond motifs is 2. The van der Waals surface area contributed by atoms with Crippen molar-refractivity contribution in [2.45, 2.75) is 39.0 Å². The number of likely N-dealkylation sites (tertiary alicyclic amines) is 1. The van der Waals surface area contributed by atoms with Crippen molar-refractivity contribution in [2.75, 3.05) is 50.7 Å². The van der Waals surface area contributed by atoms with E-state index in [-0.39, 0.29) is 11.8 Å². The average Bonchev–Trinajstić information content (AvgIpc) is 3.53. The predicted octanol–water partition coefficient (Wildman–Crippen LogP) is 4.95. The molecule has 1 amide bonds. The first kappa shape index (κ1) is 34.4. The number of carbonyl (C=O) groups is 3. The quantitative estimate of drug-likeness (QED) is 0.321. The van der Waals surface area contributed by atoms with Gasteiger partial charge in [0.2, 0.25) is 5.91 Å². The number of hydrogen-bond acceptors (Lipinski definition) is 8. The van der Waals surface area contributed by atoms with Gasteiger partial charge in [-0.3, -0.25) is 4.79 Å². The topological polar surface area (TPSA) is 127 Å². The van der Waals surface area contributed by atoms with Gasteiger partial charge < -0.3 is 24.9 Å². The van der Waals surface area contributed by atoms with Crippen molar-refractivity contribution >= 4 is 46.3 Å². The Morgan fingerprint density at radius 3 is 2.32 bits per heavy atom. The average molecular weight is 670 g/mol. The molecule has 2 saturated heterocycles. The van der Waals surface area contributed by atoms with Crippen molar-refractivity contribution in [1.82, 2.24) is 18.5 Å². The molecule has 2 N–H and O–H groups in total. The Morgan fingerprint density at radius 2 is 1.62 bits per heavy atom. The van der Waals surface area contributed by atoms with E-state index in [0.717, 1.165) is 43.5 Å². The third-order valence-corrected chi connectivity index (χ3v) is 10.0. The van der Waals surface area contributed by atoms with Crippen LogP contribution in [0.5, 0.6) is 0 Å².